The van der Waals surface area contributed by atoms with Gasteiger partial charge in [-0.25, -0.2) is 4.79 Å². The monoisotopic (exact) mass is 319 g/mol. The lowest BCUT2D eigenvalue weighted by Crippen LogP contribution is -2.35. The fourth-order valence-electron chi connectivity index (χ4n) is 3.09. The summed E-state index contributed by atoms with van der Waals surface area (Å²) in [4.78, 5) is 25.4. The second-order valence-electron chi connectivity index (χ2n) is 7.36. The highest BCUT2D eigenvalue weighted by atomic mass is 16.6. The number of amides is 1. The topological polar surface area (TPSA) is 66.8 Å². The number of hydrogen-bond donors (Lipinski definition) is 1. The van der Waals surface area contributed by atoms with Gasteiger partial charge in [0, 0.05) is 19.0 Å². The molecule has 1 N–H and O–H groups in total. The van der Waals surface area contributed by atoms with Gasteiger partial charge in [0.1, 0.15) is 5.60 Å². The van der Waals surface area contributed by atoms with Crippen molar-refractivity contribution in [3.63, 3.8) is 0 Å². The number of aryl methyl sites for hydroxylation is 2. The third kappa shape index (κ3) is 4.24. The second-order valence-corrected chi connectivity index (χ2v) is 7.36. The molecule has 0 aliphatic carbocycles. The molecule has 5 nitrogen and oxygen atoms in total. The van der Waals surface area contributed by atoms with Crippen molar-refractivity contribution < 1.29 is 19.4 Å². The summed E-state index contributed by atoms with van der Waals surface area (Å²) in [6.07, 6.45) is -0.448. The molecule has 1 saturated heterocycles. The fraction of sp³-hybridized carbons (Fsp3) is 0.556. The predicted molar refractivity (Wildman–Crippen MR) is 87.6 cm³/mol. The van der Waals surface area contributed by atoms with E-state index in [4.69, 9.17) is 4.74 Å². The van der Waals surface area contributed by atoms with Gasteiger partial charge in [-0.1, -0.05) is 29.3 Å². The lowest BCUT2D eigenvalue weighted by atomic mass is 9.87. The largest absolute Gasteiger partial charge is 0.481 e. The van der Waals surface area contributed by atoms with Crippen molar-refractivity contribution in [2.24, 2.45) is 5.92 Å². The molecule has 1 aromatic carbocycles. The zero-order valence-corrected chi connectivity index (χ0v) is 14.4. The summed E-state index contributed by atoms with van der Waals surface area (Å²) >= 11 is 0. The van der Waals surface area contributed by atoms with Gasteiger partial charge in [0.15, 0.2) is 0 Å². The predicted octanol–water partition coefficient (Wildman–Crippen LogP) is 3.34. The van der Waals surface area contributed by atoms with E-state index in [9.17, 15) is 14.7 Å². The Bertz CT molecular complexity index is 598. The van der Waals surface area contributed by atoms with Crippen LogP contribution < -0.4 is 0 Å². The van der Waals surface area contributed by atoms with Crippen molar-refractivity contribution in [2.75, 3.05) is 13.1 Å². The Hall–Kier alpha value is -2.04. The van der Waals surface area contributed by atoms with Gasteiger partial charge in [-0.15, -0.1) is 0 Å². The molecule has 1 aliphatic heterocycles. The molecular formula is C18H25NO4. The van der Waals surface area contributed by atoms with E-state index < -0.39 is 23.6 Å². The van der Waals surface area contributed by atoms with E-state index in [1.165, 1.54) is 4.90 Å². The van der Waals surface area contributed by atoms with Gasteiger partial charge in [-0.05, 0) is 40.2 Å². The molecule has 0 spiro atoms. The molecule has 0 bridgehead atoms. The zero-order chi connectivity index (χ0) is 17.4. The molecule has 1 fully saturated rings. The van der Waals surface area contributed by atoms with E-state index in [0.29, 0.717) is 6.54 Å². The first-order chi connectivity index (χ1) is 10.6. The Labute approximate surface area is 137 Å². The van der Waals surface area contributed by atoms with Crippen LogP contribution in [0, 0.1) is 19.8 Å². The van der Waals surface area contributed by atoms with Crippen molar-refractivity contribution in [2.45, 2.75) is 46.1 Å². The van der Waals surface area contributed by atoms with Gasteiger partial charge in [0.25, 0.3) is 0 Å². The van der Waals surface area contributed by atoms with Crippen molar-refractivity contribution in [3.8, 4) is 0 Å². The van der Waals surface area contributed by atoms with E-state index in [-0.39, 0.29) is 12.5 Å². The van der Waals surface area contributed by atoms with Crippen LogP contribution in [0.3, 0.4) is 0 Å². The molecule has 126 valence electrons. The van der Waals surface area contributed by atoms with E-state index in [2.05, 4.69) is 6.07 Å². The number of carbonyl (C=O) groups is 2. The highest BCUT2D eigenvalue weighted by molar-refractivity contribution is 5.76. The van der Waals surface area contributed by atoms with Crippen LogP contribution in [0.15, 0.2) is 18.2 Å². The Balaban J connectivity index is 2.25. The lowest BCUT2D eigenvalue weighted by Gasteiger charge is -2.24. The number of nitrogens with zero attached hydrogens (tertiary/aromatic N) is 1. The molecule has 0 saturated carbocycles. The van der Waals surface area contributed by atoms with E-state index in [1.807, 2.05) is 26.0 Å². The van der Waals surface area contributed by atoms with Gasteiger partial charge in [0.05, 0.1) is 5.92 Å². The van der Waals surface area contributed by atoms with Crippen LogP contribution in [0.2, 0.25) is 0 Å². The van der Waals surface area contributed by atoms with Crippen LogP contribution in [0.1, 0.15) is 43.4 Å². The first kappa shape index (κ1) is 17.3. The van der Waals surface area contributed by atoms with Gasteiger partial charge in [0.2, 0.25) is 0 Å². The maximum Gasteiger partial charge on any atom is 0.410 e. The number of aliphatic carboxylic acids is 1. The molecule has 0 aromatic heterocycles. The summed E-state index contributed by atoms with van der Waals surface area (Å²) in [7, 11) is 0. The van der Waals surface area contributed by atoms with E-state index in [0.717, 1.165) is 16.7 Å². The summed E-state index contributed by atoms with van der Waals surface area (Å²) < 4.78 is 5.38. The minimum Gasteiger partial charge on any atom is -0.481 e. The maximum absolute atomic E-state index is 12.3. The number of hydrogen-bond acceptors (Lipinski definition) is 3. The first-order valence-electron chi connectivity index (χ1n) is 7.86. The van der Waals surface area contributed by atoms with Gasteiger partial charge >= 0.3 is 12.1 Å². The fourth-order valence-corrected chi connectivity index (χ4v) is 3.09. The second kappa shape index (κ2) is 6.22. The van der Waals surface area contributed by atoms with Crippen LogP contribution in [-0.2, 0) is 9.53 Å². The van der Waals surface area contributed by atoms with Crippen LogP contribution in [0.5, 0.6) is 0 Å². The summed E-state index contributed by atoms with van der Waals surface area (Å²) in [5.41, 5.74) is 2.58. The maximum atomic E-state index is 12.3. The summed E-state index contributed by atoms with van der Waals surface area (Å²) in [6, 6.07) is 6.07. The average Bonchev–Trinajstić information content (AvgIpc) is 2.80. The van der Waals surface area contributed by atoms with Crippen LogP contribution in [-0.4, -0.2) is 40.8 Å². The molecule has 1 aromatic rings. The number of carboxylic acid groups (broad SMARTS) is 1. The minimum atomic E-state index is -0.875. The van der Waals surface area contributed by atoms with Crippen LogP contribution >= 0.6 is 0 Å². The third-order valence-corrected chi connectivity index (χ3v) is 3.96. The van der Waals surface area contributed by atoms with E-state index in [1.54, 1.807) is 20.8 Å². The highest BCUT2D eigenvalue weighted by Gasteiger charge is 2.41. The smallest absolute Gasteiger partial charge is 0.410 e. The molecule has 1 amide bonds. The third-order valence-electron chi connectivity index (χ3n) is 3.96. The molecule has 23 heavy (non-hydrogen) atoms. The standard InChI is InChI=1S/C18H25NO4/c1-11-6-12(2)8-13(7-11)14-9-19(10-15(14)16(20)21)17(22)23-18(3,4)5/h6-8,14-15H,9-10H2,1-5H3,(H,20,21). The van der Waals surface area contributed by atoms with Crippen molar-refractivity contribution >= 4 is 12.1 Å². The molecule has 2 rings (SSSR count). The quantitative estimate of drug-likeness (QED) is 0.908. The molecule has 1 heterocycles. The number of ether oxygens (including phenoxy) is 1. The van der Waals surface area contributed by atoms with Crippen LogP contribution in [0.25, 0.3) is 0 Å². The first-order valence-corrected chi connectivity index (χ1v) is 7.86. The van der Waals surface area contributed by atoms with Crippen molar-refractivity contribution in [3.05, 3.63) is 34.9 Å². The molecule has 0 radical (unpaired) electrons. The summed E-state index contributed by atoms with van der Waals surface area (Å²) in [5.74, 6) is -1.69. The van der Waals surface area contributed by atoms with Gasteiger partial charge in [-0.2, -0.15) is 0 Å². The number of rotatable bonds is 2. The average molecular weight is 319 g/mol. The number of likely N-dealkylation sites (tertiary alicyclic amines) is 1. The number of benzene rings is 1. The van der Waals surface area contributed by atoms with Gasteiger partial charge in [-0.3, -0.25) is 4.79 Å². The lowest BCUT2D eigenvalue weighted by molar-refractivity contribution is -0.141. The summed E-state index contributed by atoms with van der Waals surface area (Å²) in [5, 5.41) is 9.54. The van der Waals surface area contributed by atoms with E-state index >= 15 is 0 Å². The summed E-state index contributed by atoms with van der Waals surface area (Å²) in [6.45, 7) is 9.95. The molecule has 2 unspecified atom stereocenters. The molecule has 5 heteroatoms. The Morgan fingerprint density at radius 2 is 1.70 bits per heavy atom. The van der Waals surface area contributed by atoms with Crippen LogP contribution in [0.4, 0.5) is 4.79 Å². The van der Waals surface area contributed by atoms with Crippen molar-refractivity contribution in [1.29, 1.82) is 0 Å². The molecule has 2 atom stereocenters. The Kier molecular flexibility index (Phi) is 4.68. The van der Waals surface area contributed by atoms with Crippen molar-refractivity contribution in [1.82, 2.24) is 4.90 Å². The normalized spacial score (nSPS) is 21.3. The number of carboxylic acids is 1. The highest BCUT2D eigenvalue weighted by Crippen LogP contribution is 2.34. The Morgan fingerprint density at radius 1 is 1.13 bits per heavy atom. The zero-order valence-electron chi connectivity index (χ0n) is 14.4. The Morgan fingerprint density at radius 3 is 2.17 bits per heavy atom. The molecule has 1 aliphatic rings. The molecular weight excluding hydrogens is 294 g/mol. The number of carbonyl (C=O) groups excluding carboxylic acids is 1. The van der Waals surface area contributed by atoms with Gasteiger partial charge < -0.3 is 14.7 Å². The minimum absolute atomic E-state index is 0.182. The SMILES string of the molecule is Cc1cc(C)cc(C2CN(C(=O)OC(C)(C)C)CC2C(=O)O)c1.